The fourth-order valence-corrected chi connectivity index (χ4v) is 19.3. The number of aromatic nitrogens is 4. The first-order chi connectivity index (χ1) is 70.3. The molecular formula is C109H141N19O20. The summed E-state index contributed by atoms with van der Waals surface area (Å²) >= 11 is 0. The molecule has 0 spiro atoms. The average molecular weight is 2040 g/mol. The molecule has 15 amide bonds. The Morgan fingerprint density at radius 2 is 0.878 bits per heavy atom. The van der Waals surface area contributed by atoms with E-state index in [0.717, 1.165) is 16.7 Å². The lowest BCUT2D eigenvalue weighted by atomic mass is 9.76. The number of ether oxygens (including phenoxy) is 2. The Hall–Kier alpha value is -14.9. The number of hydrogen-bond acceptors (Lipinski definition) is 21. The van der Waals surface area contributed by atoms with Crippen LogP contribution in [0, 0.1) is 17.8 Å². The van der Waals surface area contributed by atoms with Gasteiger partial charge in [0.15, 0.2) is 0 Å². The number of fused-ring (bicyclic) bond motifs is 9. The van der Waals surface area contributed by atoms with Crippen LogP contribution in [0.1, 0.15) is 207 Å². The molecule has 12 rings (SSSR count). The summed E-state index contributed by atoms with van der Waals surface area (Å²) in [6.45, 7) is 21.5. The van der Waals surface area contributed by atoms with E-state index in [9.17, 15) is 19.5 Å². The summed E-state index contributed by atoms with van der Waals surface area (Å²) in [4.78, 5) is 273. The highest BCUT2D eigenvalue weighted by Gasteiger charge is 2.48. The number of carbonyl (C=O) groups excluding carboxylic acids is 17. The van der Waals surface area contributed by atoms with Gasteiger partial charge in [-0.1, -0.05) is 181 Å². The van der Waals surface area contributed by atoms with Crippen LogP contribution < -0.4 is 69.1 Å². The standard InChI is InChI=1S/C109H141N19O20/c1-62(2)51-80-94(134)113-60-88(130)115-79(47-48-89(131)147-107(9,10)11)96(136)120-81(52-63(3)4)102(142)124-91(64(5)6)104(144)123-83(54-68-58-112-76-42-30-28-40-74(68)76)98(138)117-78-44-26-18-25-43-77(116-101(141)85(56-90(132)148-108(12,13)14)122-103(143)86-45-31-49-126(86)105(145)87-46-32-50-127(87)106(146)92(66(8)129)125-97(78)137)95(135)114-65(7)93(133)118-82(53-67-57-111-75-41-29-27-39-73(67)75)99(139)121-84(100(140)119-80)55-72-59-110-61-128(72)109(69-33-19-15-20-34-69,70-35-21-16-22-36-70)71-37-23-17-24-38-71/h15-24,26-30,33-42,57-59,61-66,77-87,91-92,111-112,129H,25,31-32,43-56,60H2,1-14H3,(H,113,134)(H,114,135)(H,115,130)(H,116,141)(H,117,138)(H,118,133)(H,119,140)(H,120,136)(H,121,139)(H,122,143)(H,123,144)(H,124,142)(H,125,137)/b26-18+/t65-,66+,77-,78-,79-,80-,81-,82-,83-,84-,85-,86-,87+,91-,92-/m0/s1. The zero-order valence-corrected chi connectivity index (χ0v) is 86.4. The minimum atomic E-state index is -1.84. The van der Waals surface area contributed by atoms with Crippen LogP contribution in [0.15, 0.2) is 177 Å². The molecule has 148 heavy (non-hydrogen) atoms. The molecule has 0 saturated carbocycles. The summed E-state index contributed by atoms with van der Waals surface area (Å²) < 4.78 is 13.2. The summed E-state index contributed by atoms with van der Waals surface area (Å²) in [5.41, 5.74) is 1.41. The Labute approximate surface area is 860 Å². The molecule has 0 aliphatic carbocycles. The van der Waals surface area contributed by atoms with Gasteiger partial charge in [0.2, 0.25) is 88.6 Å². The quantitative estimate of drug-likeness (QED) is 0.0244. The maximum absolute atomic E-state index is 16.2. The molecule has 0 unspecified atom stereocenters. The van der Waals surface area contributed by atoms with Crippen molar-refractivity contribution in [3.05, 3.63) is 210 Å². The van der Waals surface area contributed by atoms with E-state index >= 15 is 67.1 Å². The van der Waals surface area contributed by atoms with Crippen molar-refractivity contribution >= 4 is 122 Å². The number of H-pyrrole nitrogens is 2. The zero-order valence-electron chi connectivity index (χ0n) is 86.4. The van der Waals surface area contributed by atoms with Gasteiger partial charge in [-0.25, -0.2) is 4.98 Å². The van der Waals surface area contributed by atoms with Gasteiger partial charge in [-0.2, -0.15) is 0 Å². The average Bonchev–Trinajstić information content (AvgIpc) is 1.34. The van der Waals surface area contributed by atoms with Crippen molar-refractivity contribution in [2.24, 2.45) is 17.8 Å². The van der Waals surface area contributed by atoms with Crippen molar-refractivity contribution < 1.29 is 96.1 Å². The summed E-state index contributed by atoms with van der Waals surface area (Å²) in [7, 11) is 0. The van der Waals surface area contributed by atoms with E-state index in [4.69, 9.17) is 14.5 Å². The fraction of sp³-hybridized carbons (Fsp3) is 0.486. The predicted molar refractivity (Wildman–Crippen MR) is 550 cm³/mol. The van der Waals surface area contributed by atoms with Crippen LogP contribution in [0.25, 0.3) is 21.8 Å². The molecule has 0 radical (unpaired) electrons. The van der Waals surface area contributed by atoms with E-state index in [1.807, 2.05) is 95.6 Å². The molecular weight excluding hydrogens is 1900 g/mol. The number of esters is 2. The zero-order chi connectivity index (χ0) is 107. The van der Waals surface area contributed by atoms with Crippen LogP contribution >= 0.6 is 0 Å². The normalized spacial score (nSPS) is 24.2. The van der Waals surface area contributed by atoms with Gasteiger partial charge < -0.3 is 108 Å². The highest BCUT2D eigenvalue weighted by Crippen LogP contribution is 2.42. The second-order valence-electron chi connectivity index (χ2n) is 41.7. The Bertz CT molecular complexity index is 6020. The van der Waals surface area contributed by atoms with Gasteiger partial charge in [0.1, 0.15) is 101 Å². The predicted octanol–water partition coefficient (Wildman–Crippen LogP) is 5.39. The number of para-hydroxylation sites is 2. The second kappa shape index (κ2) is 50.5. The number of benzene rings is 5. The highest BCUT2D eigenvalue weighted by molar-refractivity contribution is 6.03. The summed E-state index contributed by atoms with van der Waals surface area (Å²) in [5, 5.41) is 48.6. The SMILES string of the molecule is CC(C)C[C@@H]1NC(=O)[C@H](Cc2cncn2C(c2ccccc2)(c2ccccc2)c2ccccc2)NC(=O)[C@H](Cc2c[nH]c3ccccc23)NC(=O)[C@H](C)NC(=O)[C@@H]2CC/C=C/C[C@H](NC(=O)[C@H](Cc3c[nH]c4ccccc34)NC(=O)[C@H](C(C)C)NC(=O)[C@H](CC(C)C)NC(=O)[C@H](CCC(=O)OC(C)(C)C)NC(=O)CNC1=O)C(=O)N[C@@H]([C@@H](C)O)C(=O)N1CCC[C@@H]1C(=O)N1CCC[C@H]1C(=O)N[C@@H](CC(=O)OC(C)(C)C)C(=O)N2. The molecule has 39 nitrogen and oxygen atoms in total. The number of aliphatic hydroxyl groups is 1. The topological polar surface area (TPSA) is 541 Å². The first-order valence-electron chi connectivity index (χ1n) is 50.9. The molecule has 7 heterocycles. The van der Waals surface area contributed by atoms with E-state index in [2.05, 4.69) is 79.1 Å². The third kappa shape index (κ3) is 29.3. The van der Waals surface area contributed by atoms with Crippen molar-refractivity contribution in [1.29, 1.82) is 0 Å². The number of rotatable bonds is 21. The summed E-state index contributed by atoms with van der Waals surface area (Å²) in [6, 6.07) is 20.2. The van der Waals surface area contributed by atoms with Crippen molar-refractivity contribution in [1.82, 2.24) is 98.4 Å². The molecule has 15 atom stereocenters. The number of carbonyl (C=O) groups is 17. The van der Waals surface area contributed by atoms with Crippen LogP contribution in [0.2, 0.25) is 0 Å². The maximum Gasteiger partial charge on any atom is 0.308 e. The van der Waals surface area contributed by atoms with Crippen molar-refractivity contribution in [2.75, 3.05) is 19.6 Å². The number of hydrogen-bond donors (Lipinski definition) is 16. The lowest BCUT2D eigenvalue weighted by Crippen LogP contribution is -2.62. The van der Waals surface area contributed by atoms with Gasteiger partial charge >= 0.3 is 11.9 Å². The third-order valence-electron chi connectivity index (χ3n) is 26.5. The number of allylic oxidation sites excluding steroid dienone is 1. The van der Waals surface area contributed by atoms with Crippen LogP contribution in [0.4, 0.5) is 0 Å². The first-order valence-corrected chi connectivity index (χ1v) is 50.9. The van der Waals surface area contributed by atoms with Gasteiger partial charge in [0.05, 0.1) is 25.4 Å². The molecule has 4 aliphatic heterocycles. The minimum absolute atomic E-state index is 0.0186. The largest absolute Gasteiger partial charge is 0.460 e. The van der Waals surface area contributed by atoms with Crippen LogP contribution in [0.3, 0.4) is 0 Å². The van der Waals surface area contributed by atoms with E-state index in [0.29, 0.717) is 38.6 Å². The monoisotopic (exact) mass is 2040 g/mol. The van der Waals surface area contributed by atoms with E-state index in [1.165, 1.54) is 42.0 Å². The van der Waals surface area contributed by atoms with Crippen molar-refractivity contribution in [3.8, 4) is 0 Å². The minimum Gasteiger partial charge on any atom is -0.460 e. The Balaban J connectivity index is 0.983. The molecule has 792 valence electrons. The molecule has 8 aromatic rings. The van der Waals surface area contributed by atoms with Crippen LogP contribution in [0.5, 0.6) is 0 Å². The molecule has 3 aromatic heterocycles. The van der Waals surface area contributed by atoms with Crippen LogP contribution in [-0.4, -0.2) is 256 Å². The Kier molecular flexibility index (Phi) is 38.1. The van der Waals surface area contributed by atoms with Gasteiger partial charge in [-0.3, -0.25) is 81.5 Å². The number of aromatic amines is 2. The molecule has 5 aromatic carbocycles. The van der Waals surface area contributed by atoms with E-state index in [-0.39, 0.29) is 82.7 Å². The van der Waals surface area contributed by atoms with Gasteiger partial charge in [0, 0.05) is 84.9 Å². The van der Waals surface area contributed by atoms with Gasteiger partial charge in [0.25, 0.3) is 0 Å². The molecule has 2 bridgehead atoms. The Morgan fingerprint density at radius 3 is 1.42 bits per heavy atom. The Morgan fingerprint density at radius 1 is 0.432 bits per heavy atom. The maximum atomic E-state index is 16.2. The highest BCUT2D eigenvalue weighted by atomic mass is 16.6. The molecule has 16 N–H and O–H groups in total. The fourth-order valence-electron chi connectivity index (χ4n) is 19.3. The van der Waals surface area contributed by atoms with E-state index in [1.54, 1.807) is 150 Å². The molecule has 39 heteroatoms. The molecule has 2 fully saturated rings. The lowest BCUT2D eigenvalue weighted by Gasteiger charge is -2.39. The van der Waals surface area contributed by atoms with Crippen LogP contribution in [-0.2, 0) is 116 Å². The number of amides is 15. The van der Waals surface area contributed by atoms with Crippen molar-refractivity contribution in [2.45, 2.75) is 301 Å². The first kappa shape index (κ1) is 112. The van der Waals surface area contributed by atoms with Gasteiger partial charge in [-0.15, -0.1) is 0 Å². The number of nitrogens with one attached hydrogen (secondary N) is 15. The summed E-state index contributed by atoms with van der Waals surface area (Å²) in [5.74, 6) is -17.7. The number of imidazole rings is 1. The van der Waals surface area contributed by atoms with Gasteiger partial charge in [-0.05, 0) is 177 Å². The number of nitrogens with zero attached hydrogens (tertiary/aromatic N) is 4. The lowest BCUT2D eigenvalue weighted by molar-refractivity contribution is -0.157. The number of aliphatic hydroxyl groups excluding tert-OH is 1. The summed E-state index contributed by atoms with van der Waals surface area (Å²) in [6.07, 6.45) is 4.24. The molecule has 2 saturated heterocycles. The van der Waals surface area contributed by atoms with E-state index < -0.39 is 259 Å². The smallest absolute Gasteiger partial charge is 0.308 e. The van der Waals surface area contributed by atoms with Crippen molar-refractivity contribution in [3.63, 3.8) is 0 Å². The third-order valence-corrected chi connectivity index (χ3v) is 26.5. The molecule has 4 aliphatic rings. The second-order valence-corrected chi connectivity index (χ2v) is 41.7.